The van der Waals surface area contributed by atoms with Crippen LogP contribution in [0, 0.1) is 0 Å². The fourth-order valence-electron chi connectivity index (χ4n) is 2.69. The highest BCUT2D eigenvalue weighted by molar-refractivity contribution is 6.62. The minimum Gasteiger partial charge on any atom is -0.434 e. The van der Waals surface area contributed by atoms with Gasteiger partial charge in [0.2, 0.25) is 5.89 Å². The van der Waals surface area contributed by atoms with Crippen LogP contribution in [0.2, 0.25) is 0 Å². The van der Waals surface area contributed by atoms with Crippen molar-refractivity contribution in [1.82, 2.24) is 9.97 Å². The molecule has 5 nitrogen and oxygen atoms in total. The topological polar surface area (TPSA) is 57.4 Å². The van der Waals surface area contributed by atoms with E-state index in [-0.39, 0.29) is 11.2 Å². The summed E-state index contributed by atoms with van der Waals surface area (Å²) in [5.74, 6) is 0.544. The lowest BCUT2D eigenvalue weighted by Gasteiger charge is -2.32. The highest BCUT2D eigenvalue weighted by atomic mass is 16.7. The molecule has 24 heavy (non-hydrogen) atoms. The molecule has 6 heteroatoms. The van der Waals surface area contributed by atoms with E-state index in [0.717, 1.165) is 11.0 Å². The number of fused-ring (bicyclic) bond motifs is 1. The first kappa shape index (κ1) is 15.4. The van der Waals surface area contributed by atoms with Crippen molar-refractivity contribution in [3.63, 3.8) is 0 Å². The molecule has 3 aromatic rings. The van der Waals surface area contributed by atoms with E-state index in [9.17, 15) is 0 Å². The van der Waals surface area contributed by atoms with E-state index in [4.69, 9.17) is 13.7 Å². The summed E-state index contributed by atoms with van der Waals surface area (Å²) in [6.07, 6.45) is 1.70. The average molecular weight is 322 g/mol. The Morgan fingerprint density at radius 1 is 0.958 bits per heavy atom. The Morgan fingerprint density at radius 3 is 2.42 bits per heavy atom. The summed E-state index contributed by atoms with van der Waals surface area (Å²) >= 11 is 0. The number of benzene rings is 1. The van der Waals surface area contributed by atoms with Gasteiger partial charge in [0.25, 0.3) is 0 Å². The molecule has 1 aliphatic rings. The van der Waals surface area contributed by atoms with Gasteiger partial charge in [-0.05, 0) is 57.4 Å². The van der Waals surface area contributed by atoms with E-state index in [0.29, 0.717) is 17.1 Å². The Balaban J connectivity index is 1.70. The van der Waals surface area contributed by atoms with Crippen LogP contribution in [0.15, 0.2) is 47.0 Å². The van der Waals surface area contributed by atoms with Crippen molar-refractivity contribution in [2.75, 3.05) is 0 Å². The van der Waals surface area contributed by atoms with E-state index < -0.39 is 7.12 Å². The van der Waals surface area contributed by atoms with Crippen LogP contribution >= 0.6 is 0 Å². The smallest absolute Gasteiger partial charge is 0.434 e. The molecule has 0 atom stereocenters. The summed E-state index contributed by atoms with van der Waals surface area (Å²) in [5.41, 5.74) is 2.37. The highest BCUT2D eigenvalue weighted by Crippen LogP contribution is 2.36. The van der Waals surface area contributed by atoms with Gasteiger partial charge in [0, 0.05) is 11.8 Å². The minimum absolute atomic E-state index is 0.366. The second-order valence-electron chi connectivity index (χ2n) is 7.06. The number of rotatable bonds is 2. The Bertz CT molecular complexity index is 855. The fraction of sp³-hybridized carbons (Fsp3) is 0.333. The molecule has 0 radical (unpaired) electrons. The molecule has 122 valence electrons. The molecule has 2 aromatic heterocycles. The van der Waals surface area contributed by atoms with E-state index >= 15 is 0 Å². The zero-order chi connectivity index (χ0) is 16.9. The van der Waals surface area contributed by atoms with Gasteiger partial charge < -0.3 is 13.7 Å². The minimum atomic E-state index is -0.405. The lowest BCUT2D eigenvalue weighted by atomic mass is 9.78. The molecular formula is C18H19BN2O3. The van der Waals surface area contributed by atoms with Gasteiger partial charge in [-0.15, -0.1) is 0 Å². The predicted octanol–water partition coefficient (Wildman–Crippen LogP) is 3.19. The Morgan fingerprint density at radius 2 is 1.71 bits per heavy atom. The molecular weight excluding hydrogens is 303 g/mol. The normalized spacial score (nSPS) is 19.1. The molecule has 4 rings (SSSR count). The maximum Gasteiger partial charge on any atom is 0.494 e. The molecule has 1 aliphatic heterocycles. The van der Waals surface area contributed by atoms with Crippen molar-refractivity contribution in [2.45, 2.75) is 38.9 Å². The summed E-state index contributed by atoms with van der Waals surface area (Å²) in [4.78, 5) is 8.66. The monoisotopic (exact) mass is 322 g/mol. The van der Waals surface area contributed by atoms with Gasteiger partial charge >= 0.3 is 7.12 Å². The SMILES string of the molecule is CC1(C)OB(c2cccc(-c3nc4ncccc4o3)c2)OC1(C)C. The average Bonchev–Trinajstić information content (AvgIpc) is 3.06. The predicted molar refractivity (Wildman–Crippen MR) is 93.0 cm³/mol. The van der Waals surface area contributed by atoms with Crippen LogP contribution in [0.3, 0.4) is 0 Å². The van der Waals surface area contributed by atoms with Crippen LogP contribution in [0.25, 0.3) is 22.7 Å². The van der Waals surface area contributed by atoms with Gasteiger partial charge in [-0.3, -0.25) is 0 Å². The van der Waals surface area contributed by atoms with Gasteiger partial charge in [-0.25, -0.2) is 4.98 Å². The number of hydrogen-bond acceptors (Lipinski definition) is 5. The molecule has 1 aromatic carbocycles. The zero-order valence-electron chi connectivity index (χ0n) is 14.2. The Labute approximate surface area is 141 Å². The Hall–Kier alpha value is -2.18. The molecule has 0 amide bonds. The van der Waals surface area contributed by atoms with Crippen LogP contribution in [0.1, 0.15) is 27.7 Å². The number of pyridine rings is 1. The van der Waals surface area contributed by atoms with Crippen molar-refractivity contribution >= 4 is 23.8 Å². The third kappa shape index (κ3) is 2.42. The quantitative estimate of drug-likeness (QED) is 0.678. The second-order valence-corrected chi connectivity index (χ2v) is 7.06. The molecule has 0 aliphatic carbocycles. The molecule has 0 N–H and O–H groups in total. The van der Waals surface area contributed by atoms with Gasteiger partial charge in [0.05, 0.1) is 11.2 Å². The summed E-state index contributed by atoms with van der Waals surface area (Å²) in [6, 6.07) is 11.6. The number of oxazole rings is 1. The summed E-state index contributed by atoms with van der Waals surface area (Å²) < 4.78 is 18.0. The largest absolute Gasteiger partial charge is 0.494 e. The number of hydrogen-bond donors (Lipinski definition) is 0. The van der Waals surface area contributed by atoms with Gasteiger partial charge in [-0.2, -0.15) is 4.98 Å². The second kappa shape index (κ2) is 5.16. The van der Waals surface area contributed by atoms with Crippen molar-refractivity contribution < 1.29 is 13.7 Å². The van der Waals surface area contributed by atoms with Crippen LogP contribution in [-0.4, -0.2) is 28.3 Å². The van der Waals surface area contributed by atoms with Crippen molar-refractivity contribution in [1.29, 1.82) is 0 Å². The molecule has 1 saturated heterocycles. The summed E-state index contributed by atoms with van der Waals surface area (Å²) in [5, 5.41) is 0. The van der Waals surface area contributed by atoms with E-state index in [2.05, 4.69) is 9.97 Å². The van der Waals surface area contributed by atoms with Crippen molar-refractivity contribution in [3.05, 3.63) is 42.6 Å². The van der Waals surface area contributed by atoms with Gasteiger partial charge in [0.1, 0.15) is 0 Å². The maximum atomic E-state index is 6.11. The summed E-state index contributed by atoms with van der Waals surface area (Å²) in [6.45, 7) is 8.18. The third-order valence-electron chi connectivity index (χ3n) is 4.82. The highest BCUT2D eigenvalue weighted by Gasteiger charge is 2.51. The standard InChI is InChI=1S/C18H19BN2O3/c1-17(2)18(3,4)24-19(23-17)13-8-5-7-12(11-13)16-21-15-14(22-16)9-6-10-20-15/h5-11H,1-4H3. The van der Waals surface area contributed by atoms with Crippen LogP contribution in [0.5, 0.6) is 0 Å². The molecule has 0 saturated carbocycles. The molecule has 1 fully saturated rings. The van der Waals surface area contributed by atoms with Gasteiger partial charge in [-0.1, -0.05) is 12.1 Å². The zero-order valence-corrected chi connectivity index (χ0v) is 14.2. The Kier molecular flexibility index (Phi) is 3.30. The summed E-state index contributed by atoms with van der Waals surface area (Å²) in [7, 11) is -0.405. The maximum absolute atomic E-state index is 6.11. The molecule has 0 bridgehead atoms. The van der Waals surface area contributed by atoms with Gasteiger partial charge in [0.15, 0.2) is 11.2 Å². The van der Waals surface area contributed by atoms with Crippen molar-refractivity contribution in [3.8, 4) is 11.5 Å². The third-order valence-corrected chi connectivity index (χ3v) is 4.82. The molecule has 3 heterocycles. The lowest BCUT2D eigenvalue weighted by Crippen LogP contribution is -2.41. The molecule has 0 spiro atoms. The van der Waals surface area contributed by atoms with Crippen LogP contribution < -0.4 is 5.46 Å². The van der Waals surface area contributed by atoms with Crippen LogP contribution in [0.4, 0.5) is 0 Å². The fourth-order valence-corrected chi connectivity index (χ4v) is 2.69. The first-order valence-electron chi connectivity index (χ1n) is 8.03. The first-order chi connectivity index (χ1) is 11.4. The lowest BCUT2D eigenvalue weighted by molar-refractivity contribution is 0.00578. The number of aromatic nitrogens is 2. The van der Waals surface area contributed by atoms with E-state index in [1.165, 1.54) is 0 Å². The van der Waals surface area contributed by atoms with Crippen molar-refractivity contribution in [2.24, 2.45) is 0 Å². The molecule has 0 unspecified atom stereocenters. The van der Waals surface area contributed by atoms with Crippen LogP contribution in [-0.2, 0) is 9.31 Å². The van der Waals surface area contributed by atoms with E-state index in [1.807, 2.05) is 64.1 Å². The number of nitrogens with zero attached hydrogens (tertiary/aromatic N) is 2. The first-order valence-corrected chi connectivity index (χ1v) is 8.03. The van der Waals surface area contributed by atoms with E-state index in [1.54, 1.807) is 6.20 Å².